The Bertz CT molecular complexity index is 1430. The van der Waals surface area contributed by atoms with Crippen LogP contribution >= 0.6 is 23.7 Å². The van der Waals surface area contributed by atoms with Crippen LogP contribution in [-0.4, -0.2) is 75.9 Å². The van der Waals surface area contributed by atoms with Gasteiger partial charge in [-0.3, -0.25) is 9.69 Å². The van der Waals surface area contributed by atoms with Crippen LogP contribution in [0.4, 0.5) is 5.13 Å². The van der Waals surface area contributed by atoms with Crippen LogP contribution in [0.3, 0.4) is 0 Å². The quantitative estimate of drug-likeness (QED) is 0.290. The monoisotopic (exact) mass is 590 g/mol. The van der Waals surface area contributed by atoms with Crippen LogP contribution in [0.1, 0.15) is 29.6 Å². The highest BCUT2D eigenvalue weighted by Gasteiger charge is 2.26. The maximum Gasteiger partial charge on any atom is 0.260 e. The van der Waals surface area contributed by atoms with E-state index in [1.165, 1.54) is 35.6 Å². The molecule has 0 atom stereocenters. The lowest BCUT2D eigenvalue weighted by molar-refractivity contribution is 0.0986. The van der Waals surface area contributed by atoms with Gasteiger partial charge < -0.3 is 9.64 Å². The summed E-state index contributed by atoms with van der Waals surface area (Å²) in [5.41, 5.74) is 1.08. The summed E-state index contributed by atoms with van der Waals surface area (Å²) in [6.07, 6.45) is 0.742. The molecule has 39 heavy (non-hydrogen) atoms. The zero-order valence-electron chi connectivity index (χ0n) is 22.0. The Morgan fingerprint density at radius 1 is 1.00 bits per heavy atom. The van der Waals surface area contributed by atoms with Crippen molar-refractivity contribution < 1.29 is 17.9 Å². The third kappa shape index (κ3) is 8.12. The second-order valence-electron chi connectivity index (χ2n) is 8.69. The van der Waals surface area contributed by atoms with Crippen molar-refractivity contribution in [3.8, 4) is 17.9 Å². The van der Waals surface area contributed by atoms with Gasteiger partial charge in [-0.05, 0) is 69.5 Å². The number of rotatable bonds is 13. The van der Waals surface area contributed by atoms with Crippen LogP contribution in [0.5, 0.6) is 5.75 Å². The molecule has 10 nitrogen and oxygen atoms in total. The normalized spacial score (nSPS) is 11.2. The molecule has 0 fully saturated rings. The van der Waals surface area contributed by atoms with Gasteiger partial charge in [0.05, 0.1) is 34.4 Å². The van der Waals surface area contributed by atoms with Crippen LogP contribution in [0.25, 0.3) is 10.2 Å². The number of amides is 1. The van der Waals surface area contributed by atoms with Crippen molar-refractivity contribution in [3.05, 3.63) is 48.0 Å². The summed E-state index contributed by atoms with van der Waals surface area (Å²) in [6, 6.07) is 15.2. The molecule has 0 aliphatic carbocycles. The predicted molar refractivity (Wildman–Crippen MR) is 154 cm³/mol. The molecule has 1 amide bonds. The van der Waals surface area contributed by atoms with Gasteiger partial charge in [-0.25, -0.2) is 13.4 Å². The largest absolute Gasteiger partial charge is 0.497 e. The Kier molecular flexibility index (Phi) is 12.1. The average Bonchev–Trinajstić information content (AvgIpc) is 3.33. The number of nitriles is 2. The van der Waals surface area contributed by atoms with E-state index in [4.69, 9.17) is 15.3 Å². The minimum absolute atomic E-state index is 0. The van der Waals surface area contributed by atoms with Gasteiger partial charge in [0.25, 0.3) is 5.91 Å². The number of hydrogen-bond acceptors (Lipinski definition) is 9. The molecule has 0 saturated carbocycles. The summed E-state index contributed by atoms with van der Waals surface area (Å²) >= 11 is 1.39. The first-order valence-electron chi connectivity index (χ1n) is 12.0. The molecule has 3 rings (SSSR count). The smallest absolute Gasteiger partial charge is 0.260 e. The molecule has 2 aromatic carbocycles. The number of methoxy groups -OCH3 is 1. The number of carbonyl (C=O) groups is 1. The van der Waals surface area contributed by atoms with E-state index in [1.54, 1.807) is 12.0 Å². The number of anilines is 1. The van der Waals surface area contributed by atoms with Crippen molar-refractivity contribution in [2.45, 2.75) is 24.2 Å². The summed E-state index contributed by atoms with van der Waals surface area (Å²) in [4.78, 5) is 21.9. The molecule has 0 aliphatic rings. The summed E-state index contributed by atoms with van der Waals surface area (Å²) < 4.78 is 33.6. The lowest BCUT2D eigenvalue weighted by Gasteiger charge is -2.22. The van der Waals surface area contributed by atoms with Gasteiger partial charge in [-0.2, -0.15) is 14.8 Å². The number of fused-ring (bicyclic) bond motifs is 1. The number of benzene rings is 2. The van der Waals surface area contributed by atoms with E-state index < -0.39 is 10.0 Å². The van der Waals surface area contributed by atoms with Crippen molar-refractivity contribution in [2.24, 2.45) is 0 Å². The average molecular weight is 591 g/mol. The van der Waals surface area contributed by atoms with Crippen LogP contribution in [0, 0.1) is 22.7 Å². The van der Waals surface area contributed by atoms with Gasteiger partial charge in [0.1, 0.15) is 5.75 Å². The minimum Gasteiger partial charge on any atom is -0.497 e. The Morgan fingerprint density at radius 2 is 1.64 bits per heavy atom. The zero-order chi connectivity index (χ0) is 27.7. The maximum atomic E-state index is 13.6. The highest BCUT2D eigenvalue weighted by atomic mass is 35.5. The second-order valence-corrected chi connectivity index (χ2v) is 11.6. The van der Waals surface area contributed by atoms with Gasteiger partial charge >= 0.3 is 0 Å². The summed E-state index contributed by atoms with van der Waals surface area (Å²) in [7, 11) is 1.59. The highest BCUT2D eigenvalue weighted by Crippen LogP contribution is 2.32. The molecule has 0 N–H and O–H groups in total. The Labute approximate surface area is 239 Å². The first-order chi connectivity index (χ1) is 18.2. The number of hydrogen-bond donors (Lipinski definition) is 0. The number of nitrogens with zero attached hydrogens (tertiary/aromatic N) is 6. The standard InChI is InChI=1S/C26H30N6O4S2.ClH/c1-30(2)15-6-18-32(26-29-23-12-9-21(36-3)19-24(23)37-26)25(33)20-7-10-22(11-8-20)38(34,35)31(16-4-13-27)17-5-14-28;/h7-12,19H,4-6,15-18H2,1-3H3;1H. The van der Waals surface area contributed by atoms with Gasteiger partial charge in [0.15, 0.2) is 5.13 Å². The molecular weight excluding hydrogens is 560 g/mol. The topological polar surface area (TPSA) is 131 Å². The second kappa shape index (κ2) is 14.8. The zero-order valence-corrected chi connectivity index (χ0v) is 24.5. The van der Waals surface area contributed by atoms with E-state index in [2.05, 4.69) is 4.98 Å². The molecule has 0 spiro atoms. The molecule has 0 bridgehead atoms. The van der Waals surface area contributed by atoms with Crippen LogP contribution in [-0.2, 0) is 10.0 Å². The fourth-order valence-electron chi connectivity index (χ4n) is 3.74. The molecule has 1 heterocycles. The van der Waals surface area contributed by atoms with Crippen molar-refractivity contribution in [1.29, 1.82) is 10.5 Å². The van der Waals surface area contributed by atoms with E-state index in [9.17, 15) is 13.2 Å². The third-order valence-electron chi connectivity index (χ3n) is 5.73. The lowest BCUT2D eigenvalue weighted by atomic mass is 10.2. The van der Waals surface area contributed by atoms with Crippen molar-refractivity contribution >= 4 is 55.0 Å². The Hall–Kier alpha value is -3.26. The minimum atomic E-state index is -3.93. The molecule has 208 valence electrons. The van der Waals surface area contributed by atoms with Crippen LogP contribution in [0.15, 0.2) is 47.4 Å². The molecule has 0 radical (unpaired) electrons. The van der Waals surface area contributed by atoms with Crippen LogP contribution < -0.4 is 9.64 Å². The lowest BCUT2D eigenvalue weighted by Crippen LogP contribution is -2.34. The number of thiazole rings is 1. The number of sulfonamides is 1. The number of aromatic nitrogens is 1. The van der Waals surface area contributed by atoms with Crippen molar-refractivity contribution in [3.63, 3.8) is 0 Å². The third-order valence-corrected chi connectivity index (χ3v) is 8.69. The van der Waals surface area contributed by atoms with Gasteiger partial charge in [-0.15, -0.1) is 12.4 Å². The summed E-state index contributed by atoms with van der Waals surface area (Å²) in [5.74, 6) is 0.415. The molecule has 1 aromatic heterocycles. The highest BCUT2D eigenvalue weighted by molar-refractivity contribution is 7.89. The predicted octanol–water partition coefficient (Wildman–Crippen LogP) is 4.14. The molecule has 3 aromatic rings. The number of halogens is 1. The molecule has 0 saturated heterocycles. The summed E-state index contributed by atoms with van der Waals surface area (Å²) in [5, 5.41) is 18.3. The Balaban J connectivity index is 0.00000533. The van der Waals surface area contributed by atoms with Gasteiger partial charge in [0.2, 0.25) is 10.0 Å². The summed E-state index contributed by atoms with van der Waals surface area (Å²) in [6.45, 7) is 1.19. The van der Waals surface area contributed by atoms with E-state index in [-0.39, 0.29) is 49.1 Å². The molecular formula is C26H31ClN6O4S2. The van der Waals surface area contributed by atoms with Crippen molar-refractivity contribution in [2.75, 3.05) is 52.3 Å². The van der Waals surface area contributed by atoms with E-state index in [0.29, 0.717) is 23.0 Å². The van der Waals surface area contributed by atoms with Crippen LogP contribution in [0.2, 0.25) is 0 Å². The molecule has 13 heteroatoms. The first kappa shape index (κ1) is 32.0. The number of carbonyl (C=O) groups excluding carboxylic acids is 1. The van der Waals surface area contributed by atoms with E-state index in [1.807, 2.05) is 49.3 Å². The van der Waals surface area contributed by atoms with Gasteiger partial charge in [-0.1, -0.05) is 11.3 Å². The van der Waals surface area contributed by atoms with Gasteiger partial charge in [0, 0.05) is 38.0 Å². The van der Waals surface area contributed by atoms with E-state index in [0.717, 1.165) is 27.5 Å². The number of ether oxygens (including phenoxy) is 1. The Morgan fingerprint density at radius 3 is 2.21 bits per heavy atom. The fraction of sp³-hybridized carbons (Fsp3) is 0.385. The fourth-order valence-corrected chi connectivity index (χ4v) is 6.20. The van der Waals surface area contributed by atoms with Crippen molar-refractivity contribution in [1.82, 2.24) is 14.2 Å². The first-order valence-corrected chi connectivity index (χ1v) is 14.2. The molecule has 0 aliphatic heterocycles. The SMILES string of the molecule is COc1ccc2nc(N(CCCN(C)C)C(=O)c3ccc(S(=O)(=O)N(CCC#N)CCC#N)cc3)sc2c1.Cl. The van der Waals surface area contributed by atoms with E-state index >= 15 is 0 Å². The maximum absolute atomic E-state index is 13.6. The molecule has 0 unspecified atom stereocenters.